The van der Waals surface area contributed by atoms with Crippen molar-refractivity contribution in [2.45, 2.75) is 25.8 Å². The van der Waals surface area contributed by atoms with E-state index in [0.29, 0.717) is 6.04 Å². The van der Waals surface area contributed by atoms with Gasteiger partial charge in [0.25, 0.3) is 0 Å². The molecule has 1 aromatic heterocycles. The van der Waals surface area contributed by atoms with Gasteiger partial charge in [0.1, 0.15) is 0 Å². The van der Waals surface area contributed by atoms with Gasteiger partial charge in [-0.05, 0) is 67.8 Å². The van der Waals surface area contributed by atoms with Crippen molar-refractivity contribution in [1.29, 1.82) is 0 Å². The first-order valence-corrected chi connectivity index (χ1v) is 11.0. The fourth-order valence-electron chi connectivity index (χ4n) is 4.08. The molecule has 0 atom stereocenters. The first-order valence-electron chi connectivity index (χ1n) is 11.0. The third-order valence-electron chi connectivity index (χ3n) is 5.73. The van der Waals surface area contributed by atoms with Crippen molar-refractivity contribution < 1.29 is 0 Å². The molecule has 2 aromatic carbocycles. The number of hydrogen-bond donors (Lipinski definition) is 1. The molecule has 156 valence electrons. The van der Waals surface area contributed by atoms with E-state index in [9.17, 15) is 0 Å². The first-order chi connectivity index (χ1) is 15.7. The van der Waals surface area contributed by atoms with Crippen LogP contribution in [0.2, 0.25) is 0 Å². The lowest BCUT2D eigenvalue weighted by Crippen LogP contribution is -2.15. The lowest BCUT2D eigenvalue weighted by atomic mass is 10.1. The summed E-state index contributed by atoms with van der Waals surface area (Å²) >= 11 is 0. The maximum Gasteiger partial charge on any atom is 0.0900 e. The van der Waals surface area contributed by atoms with Crippen molar-refractivity contribution in [3.63, 3.8) is 0 Å². The summed E-state index contributed by atoms with van der Waals surface area (Å²) < 4.78 is 2.28. The summed E-state index contributed by atoms with van der Waals surface area (Å²) in [6, 6.07) is 25.5. The van der Waals surface area contributed by atoms with Gasteiger partial charge in [-0.1, -0.05) is 30.3 Å². The number of fused-ring (bicyclic) bond motifs is 2. The van der Waals surface area contributed by atoms with E-state index in [-0.39, 0.29) is 0 Å². The predicted molar refractivity (Wildman–Crippen MR) is 129 cm³/mol. The zero-order valence-corrected chi connectivity index (χ0v) is 17.9. The number of rotatable bonds is 4. The van der Waals surface area contributed by atoms with Gasteiger partial charge in [-0.2, -0.15) is 0 Å². The van der Waals surface area contributed by atoms with Gasteiger partial charge in [0.2, 0.25) is 0 Å². The van der Waals surface area contributed by atoms with E-state index in [1.807, 2.05) is 31.5 Å². The maximum atomic E-state index is 5.03. The summed E-state index contributed by atoms with van der Waals surface area (Å²) in [6.07, 6.45) is 6.00. The lowest BCUT2D eigenvalue weighted by Gasteiger charge is -2.20. The molecule has 2 heterocycles. The van der Waals surface area contributed by atoms with Gasteiger partial charge in [0, 0.05) is 11.9 Å². The van der Waals surface area contributed by atoms with E-state index in [1.54, 1.807) is 0 Å². The van der Waals surface area contributed by atoms with Crippen LogP contribution in [-0.2, 0) is 0 Å². The molecule has 1 aliphatic heterocycles. The highest BCUT2D eigenvalue weighted by atomic mass is 15.0. The Morgan fingerprint density at radius 3 is 2.56 bits per heavy atom. The molecule has 32 heavy (non-hydrogen) atoms. The Morgan fingerprint density at radius 1 is 0.938 bits per heavy atom. The molecule has 1 fully saturated rings. The summed E-state index contributed by atoms with van der Waals surface area (Å²) in [5, 5.41) is 4.50. The van der Waals surface area contributed by atoms with Gasteiger partial charge < -0.3 is 9.88 Å². The van der Waals surface area contributed by atoms with Crippen LogP contribution >= 0.6 is 0 Å². The van der Waals surface area contributed by atoms with Crippen LogP contribution in [0.1, 0.15) is 18.4 Å². The Kier molecular flexibility index (Phi) is 4.46. The molecule has 0 saturated heterocycles. The number of anilines is 2. The first kappa shape index (κ1) is 18.8. The van der Waals surface area contributed by atoms with Crippen molar-refractivity contribution in [3.8, 4) is 17.1 Å². The van der Waals surface area contributed by atoms with Crippen LogP contribution in [0.5, 0.6) is 0 Å². The van der Waals surface area contributed by atoms with E-state index in [1.165, 1.54) is 0 Å². The molecule has 0 spiro atoms. The summed E-state index contributed by atoms with van der Waals surface area (Å²) in [4.78, 5) is 14.4. The van der Waals surface area contributed by atoms with Crippen molar-refractivity contribution >= 4 is 22.4 Å². The molecular weight excluding hydrogens is 394 g/mol. The number of aromatic nitrogens is 3. The minimum absolute atomic E-state index is 0.405. The van der Waals surface area contributed by atoms with Crippen LogP contribution in [0.25, 0.3) is 28.1 Å². The standard InChI is InChI=1S/C27H23N5/c1-18-13-20(17-28-16-18)30-23-14-25-27(15-24(23)29-19-11-12-19)32(21-7-3-2-4-8-21)26-10-6-5-9-22(26)31-25/h2-10,13-17,19,30H,11-12H2,1H3. The number of nitrogens with one attached hydrogen (secondary N) is 1. The second-order valence-electron chi connectivity index (χ2n) is 8.37. The average Bonchev–Trinajstić information content (AvgIpc) is 3.63. The fourth-order valence-corrected chi connectivity index (χ4v) is 4.08. The molecule has 3 aromatic rings. The monoisotopic (exact) mass is 417 g/mol. The smallest absolute Gasteiger partial charge is 0.0900 e. The maximum absolute atomic E-state index is 5.03. The Balaban J connectivity index is 1.64. The Hall–Kier alpha value is -3.99. The normalized spacial score (nSPS) is 14.2. The molecule has 1 N–H and O–H groups in total. The van der Waals surface area contributed by atoms with Gasteiger partial charge in [-0.25, -0.2) is 4.98 Å². The second-order valence-corrected chi connectivity index (χ2v) is 8.37. The predicted octanol–water partition coefficient (Wildman–Crippen LogP) is 5.64. The van der Waals surface area contributed by atoms with E-state index in [0.717, 1.165) is 63.2 Å². The highest BCUT2D eigenvalue weighted by Crippen LogP contribution is 2.31. The Morgan fingerprint density at radius 2 is 1.75 bits per heavy atom. The largest absolute Gasteiger partial charge is 0.352 e. The second kappa shape index (κ2) is 7.61. The number of benzene rings is 3. The van der Waals surface area contributed by atoms with Crippen molar-refractivity contribution in [2.24, 2.45) is 4.99 Å². The quantitative estimate of drug-likeness (QED) is 0.385. The van der Waals surface area contributed by atoms with E-state index in [4.69, 9.17) is 9.98 Å². The SMILES string of the molecule is Cc1cncc(Nc2cc3nc4ccccc4n(-c4ccccc4)c-3cc2=NC2CC2)c1. The van der Waals surface area contributed by atoms with Crippen LogP contribution < -0.4 is 10.7 Å². The zero-order chi connectivity index (χ0) is 21.5. The minimum atomic E-state index is 0.405. The molecule has 5 heteroatoms. The minimum Gasteiger partial charge on any atom is -0.352 e. The molecule has 2 aliphatic carbocycles. The Labute approximate surface area is 186 Å². The topological polar surface area (TPSA) is 55.1 Å². The third kappa shape index (κ3) is 3.52. The molecular formula is C27H23N5. The van der Waals surface area contributed by atoms with Crippen LogP contribution in [0.3, 0.4) is 0 Å². The molecule has 3 aliphatic rings. The number of nitrogens with zero attached hydrogens (tertiary/aromatic N) is 4. The lowest BCUT2D eigenvalue weighted by molar-refractivity contribution is 0.997. The summed E-state index contributed by atoms with van der Waals surface area (Å²) in [6.45, 7) is 2.05. The average molecular weight is 418 g/mol. The molecule has 0 unspecified atom stereocenters. The van der Waals surface area contributed by atoms with Gasteiger partial charge >= 0.3 is 0 Å². The Bertz CT molecular complexity index is 1470. The number of pyridine rings is 1. The fraction of sp³-hybridized carbons (Fsp3) is 0.148. The molecule has 0 bridgehead atoms. The van der Waals surface area contributed by atoms with Gasteiger partial charge in [0.15, 0.2) is 0 Å². The van der Waals surface area contributed by atoms with Crippen molar-refractivity contribution in [3.05, 3.63) is 96.1 Å². The van der Waals surface area contributed by atoms with Crippen LogP contribution in [0.4, 0.5) is 11.4 Å². The van der Waals surface area contributed by atoms with Gasteiger partial charge in [-0.15, -0.1) is 0 Å². The highest BCUT2D eigenvalue weighted by molar-refractivity contribution is 5.84. The molecule has 6 rings (SSSR count). The molecule has 0 amide bonds. The van der Waals surface area contributed by atoms with Gasteiger partial charge in [0.05, 0.1) is 51.4 Å². The van der Waals surface area contributed by atoms with Crippen LogP contribution in [0, 0.1) is 6.92 Å². The summed E-state index contributed by atoms with van der Waals surface area (Å²) in [7, 11) is 0. The van der Waals surface area contributed by atoms with Crippen LogP contribution in [-0.4, -0.2) is 20.6 Å². The summed E-state index contributed by atoms with van der Waals surface area (Å²) in [5.74, 6) is 0. The molecule has 0 radical (unpaired) electrons. The van der Waals surface area contributed by atoms with Crippen molar-refractivity contribution in [1.82, 2.24) is 14.5 Å². The number of aryl methyl sites for hydroxylation is 1. The molecule has 1 saturated carbocycles. The van der Waals surface area contributed by atoms with E-state index >= 15 is 0 Å². The van der Waals surface area contributed by atoms with E-state index < -0.39 is 0 Å². The van der Waals surface area contributed by atoms with Crippen LogP contribution in [0.15, 0.2) is 90.2 Å². The summed E-state index contributed by atoms with van der Waals surface area (Å²) in [5.41, 5.74) is 8.13. The van der Waals surface area contributed by atoms with E-state index in [2.05, 4.69) is 75.5 Å². The van der Waals surface area contributed by atoms with Gasteiger partial charge in [-0.3, -0.25) is 9.98 Å². The number of para-hydroxylation sites is 3. The van der Waals surface area contributed by atoms with Crippen molar-refractivity contribution in [2.75, 3.05) is 5.32 Å². The third-order valence-corrected chi connectivity index (χ3v) is 5.73. The zero-order valence-electron chi connectivity index (χ0n) is 17.9. The highest BCUT2D eigenvalue weighted by Gasteiger charge is 2.21. The number of hydrogen-bond acceptors (Lipinski definition) is 4. The molecule has 5 nitrogen and oxygen atoms in total.